The third kappa shape index (κ3) is 2.91. The van der Waals surface area contributed by atoms with Crippen LogP contribution in [0, 0.1) is 13.8 Å². The minimum absolute atomic E-state index is 0.151. The highest BCUT2D eigenvalue weighted by Crippen LogP contribution is 2.32. The number of aryl methyl sites for hydroxylation is 2. The SMILES string of the molecule is COc1cc(OC)cc(C(N)c2cc(C)c(C)s2)c1. The Morgan fingerprint density at radius 3 is 2.00 bits per heavy atom. The normalized spacial score (nSPS) is 12.3. The molecule has 2 N–H and O–H groups in total. The van der Waals surface area contributed by atoms with Crippen molar-refractivity contribution in [1.29, 1.82) is 0 Å². The largest absolute Gasteiger partial charge is 0.497 e. The number of nitrogens with two attached hydrogens (primary N) is 1. The van der Waals surface area contributed by atoms with E-state index in [9.17, 15) is 0 Å². The summed E-state index contributed by atoms with van der Waals surface area (Å²) in [6.45, 7) is 4.22. The molecule has 3 nitrogen and oxygen atoms in total. The van der Waals surface area contributed by atoms with Crippen LogP contribution >= 0.6 is 11.3 Å². The first-order valence-electron chi connectivity index (χ1n) is 6.10. The lowest BCUT2D eigenvalue weighted by Gasteiger charge is -2.13. The minimum Gasteiger partial charge on any atom is -0.497 e. The average Bonchev–Trinajstić information content (AvgIpc) is 2.77. The van der Waals surface area contributed by atoms with Crippen molar-refractivity contribution in [3.8, 4) is 11.5 Å². The number of ether oxygens (including phenoxy) is 2. The monoisotopic (exact) mass is 277 g/mol. The summed E-state index contributed by atoms with van der Waals surface area (Å²) >= 11 is 1.74. The fourth-order valence-corrected chi connectivity index (χ4v) is 3.00. The first-order chi connectivity index (χ1) is 9.05. The molecule has 0 aliphatic heterocycles. The summed E-state index contributed by atoms with van der Waals surface area (Å²) in [5.41, 5.74) is 8.63. The fourth-order valence-electron chi connectivity index (χ4n) is 1.93. The Hall–Kier alpha value is -1.52. The average molecular weight is 277 g/mol. The van der Waals surface area contributed by atoms with Gasteiger partial charge in [-0.3, -0.25) is 0 Å². The van der Waals surface area contributed by atoms with Crippen molar-refractivity contribution in [1.82, 2.24) is 0 Å². The van der Waals surface area contributed by atoms with Gasteiger partial charge < -0.3 is 15.2 Å². The van der Waals surface area contributed by atoms with Crippen LogP contribution in [0.25, 0.3) is 0 Å². The smallest absolute Gasteiger partial charge is 0.122 e. The molecule has 2 rings (SSSR count). The highest BCUT2D eigenvalue weighted by Gasteiger charge is 2.14. The van der Waals surface area contributed by atoms with E-state index in [-0.39, 0.29) is 6.04 Å². The summed E-state index contributed by atoms with van der Waals surface area (Å²) < 4.78 is 10.6. The van der Waals surface area contributed by atoms with Crippen LogP contribution in [0.15, 0.2) is 24.3 Å². The molecule has 1 heterocycles. The van der Waals surface area contributed by atoms with Gasteiger partial charge >= 0.3 is 0 Å². The Morgan fingerprint density at radius 1 is 1.00 bits per heavy atom. The van der Waals surface area contributed by atoms with Crippen LogP contribution in [0.3, 0.4) is 0 Å². The molecule has 0 saturated carbocycles. The molecular weight excluding hydrogens is 258 g/mol. The number of rotatable bonds is 4. The van der Waals surface area contributed by atoms with E-state index in [0.717, 1.165) is 21.9 Å². The molecule has 0 radical (unpaired) electrons. The predicted octanol–water partition coefficient (Wildman–Crippen LogP) is 3.43. The van der Waals surface area contributed by atoms with Gasteiger partial charge in [-0.2, -0.15) is 0 Å². The summed E-state index contributed by atoms with van der Waals surface area (Å²) in [4.78, 5) is 2.46. The van der Waals surface area contributed by atoms with Crippen LogP contribution < -0.4 is 15.2 Å². The van der Waals surface area contributed by atoms with Gasteiger partial charge in [0, 0.05) is 15.8 Å². The number of hydrogen-bond acceptors (Lipinski definition) is 4. The highest BCUT2D eigenvalue weighted by molar-refractivity contribution is 7.12. The minimum atomic E-state index is -0.151. The lowest BCUT2D eigenvalue weighted by atomic mass is 10.0. The second-order valence-corrected chi connectivity index (χ2v) is 5.80. The topological polar surface area (TPSA) is 44.5 Å². The van der Waals surface area contributed by atoms with Crippen LogP contribution in [0.5, 0.6) is 11.5 Å². The van der Waals surface area contributed by atoms with E-state index < -0.39 is 0 Å². The number of hydrogen-bond donors (Lipinski definition) is 1. The van der Waals surface area contributed by atoms with E-state index in [2.05, 4.69) is 19.9 Å². The lowest BCUT2D eigenvalue weighted by Crippen LogP contribution is -2.10. The molecule has 2 aromatic rings. The van der Waals surface area contributed by atoms with Crippen molar-refractivity contribution in [2.45, 2.75) is 19.9 Å². The Kier molecular flexibility index (Phi) is 4.12. The van der Waals surface area contributed by atoms with Gasteiger partial charge in [-0.25, -0.2) is 0 Å². The zero-order chi connectivity index (χ0) is 14.0. The van der Waals surface area contributed by atoms with E-state index in [1.807, 2.05) is 18.2 Å². The number of thiophene rings is 1. The quantitative estimate of drug-likeness (QED) is 0.931. The predicted molar refractivity (Wildman–Crippen MR) is 79.4 cm³/mol. The highest BCUT2D eigenvalue weighted by atomic mass is 32.1. The molecule has 0 amide bonds. The number of benzene rings is 1. The third-order valence-electron chi connectivity index (χ3n) is 3.22. The Balaban J connectivity index is 2.39. The molecule has 0 bridgehead atoms. The van der Waals surface area contributed by atoms with E-state index >= 15 is 0 Å². The first-order valence-corrected chi connectivity index (χ1v) is 6.92. The van der Waals surface area contributed by atoms with E-state index in [0.29, 0.717) is 0 Å². The Labute approximate surface area is 118 Å². The molecule has 19 heavy (non-hydrogen) atoms. The second-order valence-electron chi connectivity index (χ2n) is 4.51. The lowest BCUT2D eigenvalue weighted by molar-refractivity contribution is 0.393. The molecular formula is C15H19NO2S. The van der Waals surface area contributed by atoms with Crippen LogP contribution in [0.2, 0.25) is 0 Å². The number of methoxy groups -OCH3 is 2. The standard InChI is InChI=1S/C15H19NO2S/c1-9-5-14(19-10(9)2)15(16)11-6-12(17-3)8-13(7-11)18-4/h5-8,15H,16H2,1-4H3. The molecule has 1 aromatic carbocycles. The van der Waals surface area contributed by atoms with Gasteiger partial charge in [0.15, 0.2) is 0 Å². The van der Waals surface area contributed by atoms with Crippen LogP contribution in [-0.4, -0.2) is 14.2 Å². The van der Waals surface area contributed by atoms with E-state index in [1.54, 1.807) is 25.6 Å². The fraction of sp³-hybridized carbons (Fsp3) is 0.333. The van der Waals surface area contributed by atoms with E-state index in [4.69, 9.17) is 15.2 Å². The Bertz CT molecular complexity index is 536. The first kappa shape index (κ1) is 13.9. The van der Waals surface area contributed by atoms with Crippen molar-refractivity contribution in [2.24, 2.45) is 5.73 Å². The molecule has 1 atom stereocenters. The molecule has 0 spiro atoms. The molecule has 1 aromatic heterocycles. The van der Waals surface area contributed by atoms with Gasteiger partial charge in [0.1, 0.15) is 11.5 Å². The maximum Gasteiger partial charge on any atom is 0.122 e. The molecule has 0 fully saturated rings. The molecule has 0 saturated heterocycles. The van der Waals surface area contributed by atoms with Gasteiger partial charge in [0.25, 0.3) is 0 Å². The van der Waals surface area contributed by atoms with Crippen molar-refractivity contribution < 1.29 is 9.47 Å². The van der Waals surface area contributed by atoms with Crippen molar-refractivity contribution >= 4 is 11.3 Å². The van der Waals surface area contributed by atoms with Gasteiger partial charge in [-0.1, -0.05) is 0 Å². The van der Waals surface area contributed by atoms with Crippen molar-refractivity contribution in [3.63, 3.8) is 0 Å². The van der Waals surface area contributed by atoms with Crippen molar-refractivity contribution in [3.05, 3.63) is 45.1 Å². The summed E-state index contributed by atoms with van der Waals surface area (Å²) in [6, 6.07) is 7.76. The summed E-state index contributed by atoms with van der Waals surface area (Å²) in [5.74, 6) is 1.52. The summed E-state index contributed by atoms with van der Waals surface area (Å²) in [5, 5.41) is 0. The summed E-state index contributed by atoms with van der Waals surface area (Å²) in [7, 11) is 3.28. The van der Waals surface area contributed by atoms with Gasteiger partial charge in [0.2, 0.25) is 0 Å². The zero-order valence-electron chi connectivity index (χ0n) is 11.7. The molecule has 1 unspecified atom stereocenters. The Morgan fingerprint density at radius 2 is 1.58 bits per heavy atom. The second kappa shape index (κ2) is 5.63. The molecule has 0 aliphatic rings. The van der Waals surface area contributed by atoms with E-state index in [1.165, 1.54) is 10.4 Å². The van der Waals surface area contributed by atoms with Crippen molar-refractivity contribution in [2.75, 3.05) is 14.2 Å². The van der Waals surface area contributed by atoms with Crippen LogP contribution in [0.1, 0.15) is 26.9 Å². The third-order valence-corrected chi connectivity index (χ3v) is 4.46. The van der Waals surface area contributed by atoms with Crippen LogP contribution in [-0.2, 0) is 0 Å². The maximum atomic E-state index is 6.35. The zero-order valence-corrected chi connectivity index (χ0v) is 12.5. The van der Waals surface area contributed by atoms with Gasteiger partial charge in [-0.05, 0) is 43.2 Å². The molecule has 0 aliphatic carbocycles. The van der Waals surface area contributed by atoms with Gasteiger partial charge in [0.05, 0.1) is 20.3 Å². The molecule has 102 valence electrons. The molecule has 4 heteroatoms. The summed E-state index contributed by atoms with van der Waals surface area (Å²) in [6.07, 6.45) is 0. The maximum absolute atomic E-state index is 6.35. The van der Waals surface area contributed by atoms with Crippen LogP contribution in [0.4, 0.5) is 0 Å². The van der Waals surface area contributed by atoms with Gasteiger partial charge in [-0.15, -0.1) is 11.3 Å².